The van der Waals surface area contributed by atoms with E-state index in [0.717, 1.165) is 11.8 Å². The van der Waals surface area contributed by atoms with Crippen LogP contribution >= 0.6 is 0 Å². The molecule has 96 valence electrons. The molecular formula is C14H30N2. The van der Waals surface area contributed by atoms with E-state index in [9.17, 15) is 0 Å². The van der Waals surface area contributed by atoms with E-state index in [0.29, 0.717) is 5.41 Å². The highest BCUT2D eigenvalue weighted by Gasteiger charge is 2.26. The van der Waals surface area contributed by atoms with Crippen LogP contribution in [0.25, 0.3) is 0 Å². The average molecular weight is 226 g/mol. The molecule has 1 fully saturated rings. The van der Waals surface area contributed by atoms with Gasteiger partial charge in [0.2, 0.25) is 0 Å². The molecule has 0 aromatic rings. The van der Waals surface area contributed by atoms with Crippen LogP contribution in [0.15, 0.2) is 0 Å². The fourth-order valence-electron chi connectivity index (χ4n) is 2.28. The van der Waals surface area contributed by atoms with Gasteiger partial charge in [-0.15, -0.1) is 0 Å². The van der Waals surface area contributed by atoms with Crippen LogP contribution in [-0.2, 0) is 0 Å². The first-order valence-electron chi connectivity index (χ1n) is 6.85. The Bertz CT molecular complexity index is 199. The van der Waals surface area contributed by atoms with Crippen LogP contribution in [0.3, 0.4) is 0 Å². The molecule has 0 aromatic carbocycles. The minimum Gasteiger partial charge on any atom is -0.316 e. The van der Waals surface area contributed by atoms with Crippen LogP contribution in [0.1, 0.15) is 41.0 Å². The SMILES string of the molecule is CC1CNCCCN(CC(C)(C)C(C)C)C1. The van der Waals surface area contributed by atoms with Crippen molar-refractivity contribution in [2.75, 3.05) is 32.7 Å². The molecule has 0 spiro atoms. The highest BCUT2D eigenvalue weighted by atomic mass is 15.1. The monoisotopic (exact) mass is 226 g/mol. The second kappa shape index (κ2) is 6.02. The number of rotatable bonds is 3. The first kappa shape index (κ1) is 14.0. The molecule has 1 atom stereocenters. The molecule has 0 aliphatic carbocycles. The van der Waals surface area contributed by atoms with Crippen molar-refractivity contribution < 1.29 is 0 Å². The Labute approximate surface area is 102 Å². The molecule has 1 heterocycles. The van der Waals surface area contributed by atoms with Crippen molar-refractivity contribution in [3.63, 3.8) is 0 Å². The third-order valence-electron chi connectivity index (χ3n) is 4.08. The predicted octanol–water partition coefficient (Wildman–Crippen LogP) is 2.60. The summed E-state index contributed by atoms with van der Waals surface area (Å²) in [5.41, 5.74) is 0.437. The Morgan fingerprint density at radius 3 is 2.69 bits per heavy atom. The molecule has 0 bridgehead atoms. The molecule has 2 heteroatoms. The quantitative estimate of drug-likeness (QED) is 0.796. The van der Waals surface area contributed by atoms with Gasteiger partial charge >= 0.3 is 0 Å². The van der Waals surface area contributed by atoms with Crippen LogP contribution in [0.2, 0.25) is 0 Å². The molecule has 16 heavy (non-hydrogen) atoms. The molecule has 0 aromatic heterocycles. The van der Waals surface area contributed by atoms with Crippen LogP contribution in [0.5, 0.6) is 0 Å². The topological polar surface area (TPSA) is 15.3 Å². The summed E-state index contributed by atoms with van der Waals surface area (Å²) in [7, 11) is 0. The van der Waals surface area contributed by atoms with Gasteiger partial charge in [0.1, 0.15) is 0 Å². The summed E-state index contributed by atoms with van der Waals surface area (Å²) in [5, 5.41) is 3.52. The van der Waals surface area contributed by atoms with E-state index in [2.05, 4.69) is 44.8 Å². The smallest absolute Gasteiger partial charge is 0.00353 e. The van der Waals surface area contributed by atoms with Crippen LogP contribution in [0, 0.1) is 17.3 Å². The first-order valence-corrected chi connectivity index (χ1v) is 6.85. The van der Waals surface area contributed by atoms with Gasteiger partial charge in [0.25, 0.3) is 0 Å². The average Bonchev–Trinajstić information content (AvgIpc) is 2.12. The Kier molecular flexibility index (Phi) is 5.26. The molecule has 1 saturated heterocycles. The Hall–Kier alpha value is -0.0800. The molecular weight excluding hydrogens is 196 g/mol. The Morgan fingerprint density at radius 1 is 1.38 bits per heavy atom. The zero-order chi connectivity index (χ0) is 12.2. The standard InChI is InChI=1S/C14H30N2/c1-12(2)14(4,5)11-16-8-6-7-15-9-13(3)10-16/h12-13,15H,6-11H2,1-5H3. The van der Waals surface area contributed by atoms with Gasteiger partial charge in [-0.2, -0.15) is 0 Å². The van der Waals surface area contributed by atoms with Gasteiger partial charge in [-0.05, 0) is 43.3 Å². The second-order valence-corrected chi connectivity index (χ2v) is 6.54. The van der Waals surface area contributed by atoms with Gasteiger partial charge in [0.15, 0.2) is 0 Å². The van der Waals surface area contributed by atoms with Gasteiger partial charge in [-0.25, -0.2) is 0 Å². The normalized spacial score (nSPS) is 25.5. The Morgan fingerprint density at radius 2 is 2.06 bits per heavy atom. The minimum atomic E-state index is 0.437. The highest BCUT2D eigenvalue weighted by Crippen LogP contribution is 2.27. The predicted molar refractivity (Wildman–Crippen MR) is 71.7 cm³/mol. The molecule has 1 aliphatic heterocycles. The van der Waals surface area contributed by atoms with E-state index in [4.69, 9.17) is 0 Å². The molecule has 0 saturated carbocycles. The van der Waals surface area contributed by atoms with Crippen molar-refractivity contribution in [2.24, 2.45) is 17.3 Å². The lowest BCUT2D eigenvalue weighted by molar-refractivity contribution is 0.115. The second-order valence-electron chi connectivity index (χ2n) is 6.54. The van der Waals surface area contributed by atoms with Gasteiger partial charge in [-0.1, -0.05) is 34.6 Å². The summed E-state index contributed by atoms with van der Waals surface area (Å²) in [4.78, 5) is 2.67. The van der Waals surface area contributed by atoms with Crippen molar-refractivity contribution in [3.05, 3.63) is 0 Å². The molecule has 0 radical (unpaired) electrons. The van der Waals surface area contributed by atoms with E-state index in [1.54, 1.807) is 0 Å². The summed E-state index contributed by atoms with van der Waals surface area (Å²) in [6, 6.07) is 0. The van der Waals surface area contributed by atoms with Gasteiger partial charge < -0.3 is 10.2 Å². The van der Waals surface area contributed by atoms with Gasteiger partial charge in [-0.3, -0.25) is 0 Å². The number of hydrogen-bond acceptors (Lipinski definition) is 2. The number of nitrogens with zero attached hydrogens (tertiary/aromatic N) is 1. The van der Waals surface area contributed by atoms with E-state index in [-0.39, 0.29) is 0 Å². The fraction of sp³-hybridized carbons (Fsp3) is 1.00. The van der Waals surface area contributed by atoms with Crippen molar-refractivity contribution in [3.8, 4) is 0 Å². The van der Waals surface area contributed by atoms with E-state index >= 15 is 0 Å². The lowest BCUT2D eigenvalue weighted by Gasteiger charge is -2.38. The summed E-state index contributed by atoms with van der Waals surface area (Å²) in [6.45, 7) is 18.0. The highest BCUT2D eigenvalue weighted by molar-refractivity contribution is 4.79. The zero-order valence-electron chi connectivity index (χ0n) is 11.8. The third kappa shape index (κ3) is 4.42. The lowest BCUT2D eigenvalue weighted by Crippen LogP contribution is -2.44. The van der Waals surface area contributed by atoms with Crippen molar-refractivity contribution in [1.82, 2.24) is 10.2 Å². The van der Waals surface area contributed by atoms with Crippen LogP contribution in [-0.4, -0.2) is 37.6 Å². The fourth-order valence-corrected chi connectivity index (χ4v) is 2.28. The van der Waals surface area contributed by atoms with Gasteiger partial charge in [0, 0.05) is 13.1 Å². The van der Waals surface area contributed by atoms with Crippen molar-refractivity contribution in [2.45, 2.75) is 41.0 Å². The number of nitrogens with one attached hydrogen (secondary N) is 1. The molecule has 1 N–H and O–H groups in total. The maximum absolute atomic E-state index is 3.52. The third-order valence-corrected chi connectivity index (χ3v) is 4.08. The molecule has 1 aliphatic rings. The summed E-state index contributed by atoms with van der Waals surface area (Å²) >= 11 is 0. The largest absolute Gasteiger partial charge is 0.316 e. The maximum Gasteiger partial charge on any atom is 0.00353 e. The van der Waals surface area contributed by atoms with Crippen LogP contribution in [0.4, 0.5) is 0 Å². The molecule has 2 nitrogen and oxygen atoms in total. The summed E-state index contributed by atoms with van der Waals surface area (Å²) in [6.07, 6.45) is 1.29. The summed E-state index contributed by atoms with van der Waals surface area (Å²) < 4.78 is 0. The van der Waals surface area contributed by atoms with Gasteiger partial charge in [0.05, 0.1) is 0 Å². The van der Waals surface area contributed by atoms with Crippen molar-refractivity contribution in [1.29, 1.82) is 0 Å². The maximum atomic E-state index is 3.52. The van der Waals surface area contributed by atoms with Crippen LogP contribution < -0.4 is 5.32 Å². The molecule has 0 amide bonds. The van der Waals surface area contributed by atoms with E-state index in [1.165, 1.54) is 39.1 Å². The molecule has 1 rings (SSSR count). The summed E-state index contributed by atoms with van der Waals surface area (Å²) in [5.74, 6) is 1.54. The molecule has 1 unspecified atom stereocenters. The minimum absolute atomic E-state index is 0.437. The lowest BCUT2D eigenvalue weighted by atomic mass is 9.80. The van der Waals surface area contributed by atoms with E-state index in [1.807, 2.05) is 0 Å². The first-order chi connectivity index (χ1) is 7.42. The Balaban J connectivity index is 2.49. The number of hydrogen-bond donors (Lipinski definition) is 1. The van der Waals surface area contributed by atoms with E-state index < -0.39 is 0 Å². The van der Waals surface area contributed by atoms with Crippen molar-refractivity contribution >= 4 is 0 Å². The zero-order valence-corrected chi connectivity index (χ0v) is 11.8.